The van der Waals surface area contributed by atoms with E-state index in [1.807, 2.05) is 31.2 Å². The Kier molecular flexibility index (Phi) is 6.34. The molecule has 0 radical (unpaired) electrons. The van der Waals surface area contributed by atoms with Crippen LogP contribution in [0.1, 0.15) is 24.8 Å². The van der Waals surface area contributed by atoms with Crippen molar-refractivity contribution in [1.82, 2.24) is 4.90 Å². The highest BCUT2D eigenvalue weighted by molar-refractivity contribution is 6.03. The molecule has 0 spiro atoms. The maximum absolute atomic E-state index is 12.3. The van der Waals surface area contributed by atoms with Gasteiger partial charge in [-0.2, -0.15) is 0 Å². The number of para-hydroxylation sites is 1. The third-order valence-electron chi connectivity index (χ3n) is 4.62. The Labute approximate surface area is 142 Å². The predicted octanol–water partition coefficient (Wildman–Crippen LogP) is 1.57. The van der Waals surface area contributed by atoms with Gasteiger partial charge in [-0.25, -0.2) is 0 Å². The zero-order valence-corrected chi connectivity index (χ0v) is 14.4. The molecule has 0 unspecified atom stereocenters. The number of hydrogen-bond acceptors (Lipinski definition) is 4. The first-order valence-corrected chi connectivity index (χ1v) is 8.24. The number of benzene rings is 1. The van der Waals surface area contributed by atoms with Gasteiger partial charge in [-0.05, 0) is 31.4 Å². The molecule has 6 heteroatoms. The van der Waals surface area contributed by atoms with Crippen molar-refractivity contribution in [2.24, 2.45) is 5.41 Å². The summed E-state index contributed by atoms with van der Waals surface area (Å²) < 4.78 is 5.33. The monoisotopic (exact) mass is 334 g/mol. The molecule has 0 aromatic heterocycles. The fourth-order valence-corrected chi connectivity index (χ4v) is 2.94. The molecule has 132 valence electrons. The lowest BCUT2D eigenvalue weighted by Gasteiger charge is -2.38. The highest BCUT2D eigenvalue weighted by atomic mass is 16.5. The summed E-state index contributed by atoms with van der Waals surface area (Å²) in [6, 6.07) is 7.45. The summed E-state index contributed by atoms with van der Waals surface area (Å²) in [4.78, 5) is 25.9. The van der Waals surface area contributed by atoms with Gasteiger partial charge < -0.3 is 20.1 Å². The Morgan fingerprint density at radius 2 is 1.96 bits per heavy atom. The number of amides is 2. The van der Waals surface area contributed by atoms with Crippen LogP contribution < -0.4 is 5.32 Å². The number of aliphatic hydroxyl groups is 1. The van der Waals surface area contributed by atoms with Crippen LogP contribution in [-0.4, -0.2) is 55.2 Å². The summed E-state index contributed by atoms with van der Waals surface area (Å²) in [5.41, 5.74) is 1.34. The number of carbonyl (C=O) groups excluding carboxylic acids is 2. The number of nitrogens with zero attached hydrogens (tertiary/aromatic N) is 1. The van der Waals surface area contributed by atoms with E-state index in [4.69, 9.17) is 4.74 Å². The highest BCUT2D eigenvalue weighted by Gasteiger charge is 2.34. The Balaban J connectivity index is 1.88. The van der Waals surface area contributed by atoms with Crippen molar-refractivity contribution in [2.75, 3.05) is 38.7 Å². The number of hydrogen-bond donors (Lipinski definition) is 2. The fraction of sp³-hybridized carbons (Fsp3) is 0.556. The number of ether oxygens (including phenoxy) is 1. The summed E-state index contributed by atoms with van der Waals surface area (Å²) in [6.45, 7) is 3.54. The molecule has 1 fully saturated rings. The highest BCUT2D eigenvalue weighted by Crippen LogP contribution is 2.30. The molecule has 0 saturated carbocycles. The quantitative estimate of drug-likeness (QED) is 0.774. The maximum atomic E-state index is 12.3. The molecule has 0 aliphatic carbocycles. The standard InChI is InChI=1S/C18H26N2O4/c1-14-5-3-4-6-15(14)19-16(22)11-17(23)20(2)12-18(13-21)7-9-24-10-8-18/h3-6,21H,7-13H2,1-2H3,(H,19,22). The lowest BCUT2D eigenvalue weighted by atomic mass is 9.80. The first kappa shape index (κ1) is 18.4. The average molecular weight is 334 g/mol. The van der Waals surface area contributed by atoms with Gasteiger partial charge in [0.25, 0.3) is 0 Å². The minimum absolute atomic E-state index is 0.0172. The van der Waals surface area contributed by atoms with Gasteiger partial charge in [-0.1, -0.05) is 18.2 Å². The maximum Gasteiger partial charge on any atom is 0.233 e. The van der Waals surface area contributed by atoms with Crippen molar-refractivity contribution >= 4 is 17.5 Å². The zero-order chi connectivity index (χ0) is 17.6. The number of anilines is 1. The molecule has 6 nitrogen and oxygen atoms in total. The molecule has 1 saturated heterocycles. The van der Waals surface area contributed by atoms with Crippen LogP contribution in [0.25, 0.3) is 0 Å². The summed E-state index contributed by atoms with van der Waals surface area (Å²) in [5.74, 6) is -0.577. The molecule has 1 aliphatic heterocycles. The van der Waals surface area contributed by atoms with E-state index in [0.29, 0.717) is 25.4 Å². The molecule has 0 atom stereocenters. The van der Waals surface area contributed by atoms with E-state index in [1.54, 1.807) is 11.9 Å². The Bertz CT molecular complexity index is 582. The summed E-state index contributed by atoms with van der Waals surface area (Å²) in [5, 5.41) is 12.5. The van der Waals surface area contributed by atoms with Crippen LogP contribution in [0.15, 0.2) is 24.3 Å². The van der Waals surface area contributed by atoms with E-state index >= 15 is 0 Å². The third kappa shape index (κ3) is 4.79. The lowest BCUT2D eigenvalue weighted by molar-refractivity contribution is -0.136. The molecule has 1 aromatic rings. The van der Waals surface area contributed by atoms with Gasteiger partial charge in [-0.3, -0.25) is 9.59 Å². The number of aliphatic hydroxyl groups excluding tert-OH is 1. The molecule has 24 heavy (non-hydrogen) atoms. The van der Waals surface area contributed by atoms with E-state index in [9.17, 15) is 14.7 Å². The Morgan fingerprint density at radius 1 is 1.29 bits per heavy atom. The molecule has 1 aliphatic rings. The van der Waals surface area contributed by atoms with Gasteiger partial charge in [0.05, 0.1) is 6.61 Å². The van der Waals surface area contributed by atoms with Crippen LogP contribution in [0.4, 0.5) is 5.69 Å². The fourth-order valence-electron chi connectivity index (χ4n) is 2.94. The molecule has 0 bridgehead atoms. The summed E-state index contributed by atoms with van der Waals surface area (Å²) in [6.07, 6.45) is 1.23. The van der Waals surface area contributed by atoms with Crippen LogP contribution in [0.5, 0.6) is 0 Å². The smallest absolute Gasteiger partial charge is 0.233 e. The first-order valence-electron chi connectivity index (χ1n) is 8.24. The number of aryl methyl sites for hydroxylation is 1. The normalized spacial score (nSPS) is 16.5. The predicted molar refractivity (Wildman–Crippen MR) is 91.6 cm³/mol. The van der Waals surface area contributed by atoms with Gasteiger partial charge in [0.15, 0.2) is 0 Å². The van der Waals surface area contributed by atoms with Crippen LogP contribution in [0.3, 0.4) is 0 Å². The molecule has 1 heterocycles. The van der Waals surface area contributed by atoms with E-state index < -0.39 is 0 Å². The van der Waals surface area contributed by atoms with Crippen molar-refractivity contribution in [1.29, 1.82) is 0 Å². The third-order valence-corrected chi connectivity index (χ3v) is 4.62. The van der Waals surface area contributed by atoms with Crippen molar-refractivity contribution in [2.45, 2.75) is 26.2 Å². The van der Waals surface area contributed by atoms with E-state index in [0.717, 1.165) is 18.4 Å². The van der Waals surface area contributed by atoms with Crippen molar-refractivity contribution in [3.63, 3.8) is 0 Å². The second-order valence-corrected chi connectivity index (χ2v) is 6.56. The largest absolute Gasteiger partial charge is 0.396 e. The van der Waals surface area contributed by atoms with Crippen molar-refractivity contribution < 1.29 is 19.4 Å². The first-order chi connectivity index (χ1) is 11.5. The molecule has 2 amide bonds. The molecular weight excluding hydrogens is 308 g/mol. The topological polar surface area (TPSA) is 78.9 Å². The van der Waals surface area contributed by atoms with Gasteiger partial charge in [0.2, 0.25) is 11.8 Å². The van der Waals surface area contributed by atoms with Crippen LogP contribution >= 0.6 is 0 Å². The minimum Gasteiger partial charge on any atom is -0.396 e. The van der Waals surface area contributed by atoms with Gasteiger partial charge in [0, 0.05) is 37.9 Å². The van der Waals surface area contributed by atoms with Crippen LogP contribution in [0.2, 0.25) is 0 Å². The molecule has 2 N–H and O–H groups in total. The average Bonchev–Trinajstić information content (AvgIpc) is 2.57. The lowest BCUT2D eigenvalue weighted by Crippen LogP contribution is -2.45. The molecule has 1 aromatic carbocycles. The summed E-state index contributed by atoms with van der Waals surface area (Å²) >= 11 is 0. The van der Waals surface area contributed by atoms with E-state index in [2.05, 4.69) is 5.32 Å². The SMILES string of the molecule is Cc1ccccc1NC(=O)CC(=O)N(C)CC1(CO)CCOCC1. The Morgan fingerprint density at radius 3 is 2.58 bits per heavy atom. The van der Waals surface area contributed by atoms with Crippen LogP contribution in [0, 0.1) is 12.3 Å². The van der Waals surface area contributed by atoms with Crippen LogP contribution in [-0.2, 0) is 14.3 Å². The number of rotatable bonds is 6. The van der Waals surface area contributed by atoms with Crippen molar-refractivity contribution in [3.05, 3.63) is 29.8 Å². The van der Waals surface area contributed by atoms with Crippen molar-refractivity contribution in [3.8, 4) is 0 Å². The second-order valence-electron chi connectivity index (χ2n) is 6.56. The van der Waals surface area contributed by atoms with E-state index in [-0.39, 0.29) is 30.3 Å². The second kappa shape index (κ2) is 8.26. The molecule has 2 rings (SSSR count). The summed E-state index contributed by atoms with van der Waals surface area (Å²) in [7, 11) is 1.68. The Hall–Kier alpha value is -1.92. The van der Waals surface area contributed by atoms with Gasteiger partial charge in [0.1, 0.15) is 6.42 Å². The van der Waals surface area contributed by atoms with E-state index in [1.165, 1.54) is 0 Å². The van der Waals surface area contributed by atoms with Gasteiger partial charge in [-0.15, -0.1) is 0 Å². The number of carbonyl (C=O) groups is 2. The van der Waals surface area contributed by atoms with Gasteiger partial charge >= 0.3 is 0 Å². The zero-order valence-electron chi connectivity index (χ0n) is 14.4. The minimum atomic E-state index is -0.328. The molecular formula is C18H26N2O4. The number of nitrogens with one attached hydrogen (secondary N) is 1.